The number of halogens is 1. The maximum atomic E-state index is 6.10. The zero-order chi connectivity index (χ0) is 13.0. The van der Waals surface area contributed by atoms with Crippen LogP contribution in [0.3, 0.4) is 0 Å². The quantitative estimate of drug-likeness (QED) is 0.906. The fraction of sp³-hybridized carbons (Fsp3) is 0.533. The van der Waals surface area contributed by atoms with Crippen LogP contribution < -0.4 is 5.32 Å². The van der Waals surface area contributed by atoms with Crippen molar-refractivity contribution in [3.63, 3.8) is 0 Å². The second kappa shape index (κ2) is 4.22. The Hall–Kier alpha value is -1.06. The van der Waals surface area contributed by atoms with Crippen molar-refractivity contribution in [3.8, 4) is 0 Å². The first kappa shape index (κ1) is 11.7. The number of nitrogens with zero attached hydrogens (tertiary/aromatic N) is 2. The molecule has 2 aromatic rings. The molecule has 0 radical (unpaired) electrons. The van der Waals surface area contributed by atoms with Gasteiger partial charge in [-0.1, -0.05) is 18.5 Å². The van der Waals surface area contributed by atoms with Crippen molar-refractivity contribution in [2.75, 3.05) is 6.54 Å². The van der Waals surface area contributed by atoms with Crippen LogP contribution in [0.5, 0.6) is 0 Å². The molecule has 1 aliphatic carbocycles. The van der Waals surface area contributed by atoms with Crippen LogP contribution in [-0.4, -0.2) is 16.1 Å². The summed E-state index contributed by atoms with van der Waals surface area (Å²) in [5.41, 5.74) is 2.28. The number of hydrogen-bond acceptors (Lipinski definition) is 2. The second-order valence-electron chi connectivity index (χ2n) is 5.90. The third-order valence-electron chi connectivity index (χ3n) is 4.40. The first-order valence-electron chi connectivity index (χ1n) is 7.15. The molecule has 3 nitrogen and oxygen atoms in total. The molecule has 0 bridgehead atoms. The summed E-state index contributed by atoms with van der Waals surface area (Å²) in [7, 11) is 0. The van der Waals surface area contributed by atoms with Gasteiger partial charge >= 0.3 is 0 Å². The van der Waals surface area contributed by atoms with E-state index in [1.807, 2.05) is 12.1 Å². The highest BCUT2D eigenvalue weighted by atomic mass is 35.5. The van der Waals surface area contributed by atoms with Crippen molar-refractivity contribution in [1.82, 2.24) is 14.9 Å². The summed E-state index contributed by atoms with van der Waals surface area (Å²) < 4.78 is 2.45. The van der Waals surface area contributed by atoms with Crippen LogP contribution in [-0.2, 0) is 0 Å². The summed E-state index contributed by atoms with van der Waals surface area (Å²) in [6, 6.07) is 7.12. The van der Waals surface area contributed by atoms with Gasteiger partial charge in [-0.15, -0.1) is 0 Å². The van der Waals surface area contributed by atoms with Crippen molar-refractivity contribution in [2.24, 2.45) is 5.92 Å². The molecular formula is C15H18ClN3. The Labute approximate surface area is 118 Å². The number of rotatable bonds is 2. The van der Waals surface area contributed by atoms with E-state index in [1.54, 1.807) is 0 Å². The first-order valence-corrected chi connectivity index (χ1v) is 7.52. The maximum Gasteiger partial charge on any atom is 0.127 e. The molecule has 1 aromatic heterocycles. The number of hydrogen-bond donors (Lipinski definition) is 1. The lowest BCUT2D eigenvalue weighted by Crippen LogP contribution is -2.21. The molecule has 1 N–H and O–H groups in total. The highest BCUT2D eigenvalue weighted by Crippen LogP contribution is 2.42. The minimum absolute atomic E-state index is 0.395. The van der Waals surface area contributed by atoms with Gasteiger partial charge in [-0.25, -0.2) is 4.98 Å². The Morgan fingerprint density at radius 1 is 1.32 bits per heavy atom. The lowest BCUT2D eigenvalue weighted by molar-refractivity contribution is 0.460. The van der Waals surface area contributed by atoms with E-state index < -0.39 is 0 Å². The smallest absolute Gasteiger partial charge is 0.127 e. The summed E-state index contributed by atoms with van der Waals surface area (Å²) in [4.78, 5) is 4.88. The zero-order valence-corrected chi connectivity index (χ0v) is 11.8. The van der Waals surface area contributed by atoms with E-state index in [-0.39, 0.29) is 0 Å². The SMILES string of the molecule is CC1CCNC1c1nc2cc(Cl)ccc2n1C1CC1. The lowest BCUT2D eigenvalue weighted by atomic mass is 10.0. The largest absolute Gasteiger partial charge is 0.324 e. The van der Waals surface area contributed by atoms with Gasteiger partial charge in [-0.3, -0.25) is 0 Å². The van der Waals surface area contributed by atoms with E-state index in [9.17, 15) is 0 Å². The summed E-state index contributed by atoms with van der Waals surface area (Å²) in [5.74, 6) is 1.87. The van der Waals surface area contributed by atoms with Crippen LogP contribution in [0.15, 0.2) is 18.2 Å². The lowest BCUT2D eigenvalue weighted by Gasteiger charge is -2.17. The second-order valence-corrected chi connectivity index (χ2v) is 6.34. The van der Waals surface area contributed by atoms with Crippen molar-refractivity contribution in [2.45, 2.75) is 38.3 Å². The molecule has 2 heterocycles. The normalized spacial score (nSPS) is 27.3. The summed E-state index contributed by atoms with van der Waals surface area (Å²) in [6.45, 7) is 3.41. The van der Waals surface area contributed by atoms with E-state index in [0.717, 1.165) is 17.1 Å². The van der Waals surface area contributed by atoms with E-state index in [4.69, 9.17) is 16.6 Å². The van der Waals surface area contributed by atoms with Gasteiger partial charge in [-0.05, 0) is 49.9 Å². The fourth-order valence-corrected chi connectivity index (χ4v) is 3.37. The van der Waals surface area contributed by atoms with E-state index in [0.29, 0.717) is 18.0 Å². The predicted molar refractivity (Wildman–Crippen MR) is 77.5 cm³/mol. The number of aromatic nitrogens is 2. The molecule has 2 aliphatic rings. The Kier molecular flexibility index (Phi) is 2.61. The molecule has 0 amide bonds. The van der Waals surface area contributed by atoms with Crippen molar-refractivity contribution < 1.29 is 0 Å². The van der Waals surface area contributed by atoms with Gasteiger partial charge in [0.25, 0.3) is 0 Å². The Balaban J connectivity index is 1.91. The molecule has 1 saturated heterocycles. The fourth-order valence-electron chi connectivity index (χ4n) is 3.21. The topological polar surface area (TPSA) is 29.9 Å². The third-order valence-corrected chi connectivity index (χ3v) is 4.64. The van der Waals surface area contributed by atoms with Crippen LogP contribution in [0, 0.1) is 5.92 Å². The Morgan fingerprint density at radius 3 is 2.84 bits per heavy atom. The van der Waals surface area contributed by atoms with E-state index in [2.05, 4.69) is 22.9 Å². The third kappa shape index (κ3) is 1.87. The average molecular weight is 276 g/mol. The number of imidazole rings is 1. The van der Waals surface area contributed by atoms with Crippen LogP contribution in [0.2, 0.25) is 5.02 Å². The van der Waals surface area contributed by atoms with Gasteiger partial charge in [0, 0.05) is 11.1 Å². The summed E-state index contributed by atoms with van der Waals surface area (Å²) in [5, 5.41) is 4.38. The maximum absolute atomic E-state index is 6.10. The molecule has 0 spiro atoms. The number of fused-ring (bicyclic) bond motifs is 1. The number of benzene rings is 1. The molecule has 1 saturated carbocycles. The molecule has 2 atom stereocenters. The Bertz CT molecular complexity index is 630. The van der Waals surface area contributed by atoms with Crippen molar-refractivity contribution >= 4 is 22.6 Å². The van der Waals surface area contributed by atoms with E-state index >= 15 is 0 Å². The molecule has 19 heavy (non-hydrogen) atoms. The summed E-state index contributed by atoms with van der Waals surface area (Å²) in [6.07, 6.45) is 3.80. The van der Waals surface area contributed by atoms with Crippen LogP contribution >= 0.6 is 11.6 Å². The highest BCUT2D eigenvalue weighted by Gasteiger charge is 2.34. The van der Waals surface area contributed by atoms with Gasteiger partial charge < -0.3 is 9.88 Å². The average Bonchev–Trinajstić information content (AvgIpc) is 3.03. The minimum atomic E-state index is 0.395. The van der Waals surface area contributed by atoms with Gasteiger partial charge in [0.1, 0.15) is 5.82 Å². The van der Waals surface area contributed by atoms with Crippen molar-refractivity contribution in [3.05, 3.63) is 29.0 Å². The number of nitrogens with one attached hydrogen (secondary N) is 1. The van der Waals surface area contributed by atoms with Gasteiger partial charge in [0.2, 0.25) is 0 Å². The Morgan fingerprint density at radius 2 is 2.16 bits per heavy atom. The molecule has 2 fully saturated rings. The molecule has 4 rings (SSSR count). The standard InChI is InChI=1S/C15H18ClN3/c1-9-6-7-17-14(9)15-18-12-8-10(16)2-5-13(12)19(15)11-3-4-11/h2,5,8-9,11,14,17H,3-4,6-7H2,1H3. The molecule has 4 heteroatoms. The first-order chi connectivity index (χ1) is 9.24. The predicted octanol–water partition coefficient (Wildman–Crippen LogP) is 3.70. The van der Waals surface area contributed by atoms with Gasteiger partial charge in [0.05, 0.1) is 17.1 Å². The highest BCUT2D eigenvalue weighted by molar-refractivity contribution is 6.31. The minimum Gasteiger partial charge on any atom is -0.324 e. The van der Waals surface area contributed by atoms with Crippen LogP contribution in [0.25, 0.3) is 11.0 Å². The molecule has 1 aromatic carbocycles. The van der Waals surface area contributed by atoms with Gasteiger partial charge in [0.15, 0.2) is 0 Å². The molecule has 1 aliphatic heterocycles. The molecule has 100 valence electrons. The molecule has 2 unspecified atom stereocenters. The zero-order valence-electron chi connectivity index (χ0n) is 11.1. The van der Waals surface area contributed by atoms with Gasteiger partial charge in [-0.2, -0.15) is 0 Å². The molecular weight excluding hydrogens is 258 g/mol. The van der Waals surface area contributed by atoms with Crippen LogP contribution in [0.4, 0.5) is 0 Å². The summed E-state index contributed by atoms with van der Waals surface area (Å²) >= 11 is 6.10. The van der Waals surface area contributed by atoms with E-state index in [1.165, 1.54) is 30.6 Å². The monoisotopic (exact) mass is 275 g/mol. The van der Waals surface area contributed by atoms with Crippen molar-refractivity contribution in [1.29, 1.82) is 0 Å². The van der Waals surface area contributed by atoms with Crippen LogP contribution in [0.1, 0.15) is 44.1 Å².